The van der Waals surface area contributed by atoms with Crippen molar-refractivity contribution in [3.63, 3.8) is 0 Å². The van der Waals surface area contributed by atoms with Gasteiger partial charge in [0.1, 0.15) is 0 Å². The molecular weight excluding hydrogens is 136 g/mol. The van der Waals surface area contributed by atoms with Crippen LogP contribution in [0.5, 0.6) is 0 Å². The Hall–Kier alpha value is -0.0800. The third-order valence-electron chi connectivity index (χ3n) is 2.50. The Morgan fingerprint density at radius 3 is 2.64 bits per heavy atom. The van der Waals surface area contributed by atoms with Gasteiger partial charge in [-0.25, -0.2) is 0 Å². The summed E-state index contributed by atoms with van der Waals surface area (Å²) in [6.07, 6.45) is 3.41. The number of hydrogen-bond donors (Lipinski definition) is 2. The molecule has 0 aliphatic carbocycles. The summed E-state index contributed by atoms with van der Waals surface area (Å²) < 4.78 is 0. The molecule has 3 N–H and O–H groups in total. The van der Waals surface area contributed by atoms with Crippen molar-refractivity contribution in [2.45, 2.75) is 57.7 Å². The van der Waals surface area contributed by atoms with Gasteiger partial charge in [-0.05, 0) is 33.1 Å². The van der Waals surface area contributed by atoms with Gasteiger partial charge in [-0.2, -0.15) is 0 Å². The van der Waals surface area contributed by atoms with Crippen LogP contribution in [0.15, 0.2) is 0 Å². The lowest BCUT2D eigenvalue weighted by Crippen LogP contribution is -2.55. The highest BCUT2D eigenvalue weighted by Crippen LogP contribution is 2.22. The van der Waals surface area contributed by atoms with Crippen LogP contribution < -0.4 is 11.1 Å². The van der Waals surface area contributed by atoms with Crippen LogP contribution in [-0.2, 0) is 0 Å². The molecule has 1 unspecified atom stereocenters. The summed E-state index contributed by atoms with van der Waals surface area (Å²) >= 11 is 0. The van der Waals surface area contributed by atoms with Crippen LogP contribution in [0.3, 0.4) is 0 Å². The number of rotatable bonds is 1. The van der Waals surface area contributed by atoms with Crippen LogP contribution in [0, 0.1) is 0 Å². The summed E-state index contributed by atoms with van der Waals surface area (Å²) in [5.41, 5.74) is 6.16. The van der Waals surface area contributed by atoms with Gasteiger partial charge < -0.3 is 11.1 Å². The highest BCUT2D eigenvalue weighted by molar-refractivity contribution is 4.93. The molecule has 0 bridgehead atoms. The van der Waals surface area contributed by atoms with Crippen molar-refractivity contribution in [3.05, 3.63) is 0 Å². The highest BCUT2D eigenvalue weighted by Gasteiger charge is 2.30. The van der Waals surface area contributed by atoms with Crippen LogP contribution in [0.4, 0.5) is 0 Å². The van der Waals surface area contributed by atoms with Crippen molar-refractivity contribution in [1.29, 1.82) is 0 Å². The van der Waals surface area contributed by atoms with Gasteiger partial charge >= 0.3 is 0 Å². The van der Waals surface area contributed by atoms with Gasteiger partial charge in [-0.15, -0.1) is 0 Å². The van der Waals surface area contributed by atoms with Crippen LogP contribution in [0.25, 0.3) is 0 Å². The topological polar surface area (TPSA) is 38.0 Å². The minimum absolute atomic E-state index is 0.0609. The van der Waals surface area contributed by atoms with Gasteiger partial charge in [0.15, 0.2) is 0 Å². The lowest BCUT2D eigenvalue weighted by atomic mass is 9.83. The van der Waals surface area contributed by atoms with Gasteiger partial charge in [0.2, 0.25) is 0 Å². The monoisotopic (exact) mass is 156 g/mol. The predicted octanol–water partition coefficient (Wildman–Crippen LogP) is 1.25. The number of piperidine rings is 1. The van der Waals surface area contributed by atoms with E-state index in [9.17, 15) is 0 Å². The Balaban J connectivity index is 2.51. The SMILES string of the molecule is CC[C@@H]1CC(C)(N)C[C@H](C)N1. The maximum atomic E-state index is 6.09. The van der Waals surface area contributed by atoms with Gasteiger partial charge in [0, 0.05) is 17.6 Å². The minimum atomic E-state index is 0.0609. The second kappa shape index (κ2) is 3.11. The molecule has 66 valence electrons. The molecule has 1 heterocycles. The van der Waals surface area contributed by atoms with Crippen molar-refractivity contribution in [2.24, 2.45) is 5.73 Å². The van der Waals surface area contributed by atoms with Gasteiger partial charge in [0.05, 0.1) is 0 Å². The van der Waals surface area contributed by atoms with Crippen LogP contribution in [0.2, 0.25) is 0 Å². The average Bonchev–Trinajstić information content (AvgIpc) is 1.83. The molecule has 0 amide bonds. The molecule has 2 nitrogen and oxygen atoms in total. The van der Waals surface area contributed by atoms with E-state index in [1.807, 2.05) is 0 Å². The standard InChI is InChI=1S/C9H20N2/c1-4-8-6-9(3,10)5-7(2)11-8/h7-8,11H,4-6,10H2,1-3H3/t7-,8+,9?/m0/s1. The molecule has 0 aromatic rings. The lowest BCUT2D eigenvalue weighted by Gasteiger charge is -2.39. The third kappa shape index (κ3) is 2.46. The first-order valence-electron chi connectivity index (χ1n) is 4.58. The summed E-state index contributed by atoms with van der Waals surface area (Å²) in [6, 6.07) is 1.22. The van der Waals surface area contributed by atoms with E-state index in [1.165, 1.54) is 6.42 Å². The molecule has 1 aliphatic heterocycles. The number of nitrogens with one attached hydrogen (secondary N) is 1. The number of nitrogens with two attached hydrogens (primary N) is 1. The Labute approximate surface area is 69.5 Å². The lowest BCUT2D eigenvalue weighted by molar-refractivity contribution is 0.225. The summed E-state index contributed by atoms with van der Waals surface area (Å²) in [4.78, 5) is 0. The van der Waals surface area contributed by atoms with Crippen LogP contribution >= 0.6 is 0 Å². The average molecular weight is 156 g/mol. The molecule has 11 heavy (non-hydrogen) atoms. The van der Waals surface area contributed by atoms with Crippen molar-refractivity contribution in [3.8, 4) is 0 Å². The zero-order valence-corrected chi connectivity index (χ0v) is 7.85. The summed E-state index contributed by atoms with van der Waals surface area (Å²) in [6.45, 7) is 6.59. The van der Waals surface area contributed by atoms with Gasteiger partial charge in [0.25, 0.3) is 0 Å². The van der Waals surface area contributed by atoms with Crippen molar-refractivity contribution in [2.75, 3.05) is 0 Å². The second-order valence-corrected chi connectivity index (χ2v) is 4.24. The molecule has 0 spiro atoms. The van der Waals surface area contributed by atoms with E-state index < -0.39 is 0 Å². The molecule has 1 aliphatic rings. The molecule has 2 heteroatoms. The van der Waals surface area contributed by atoms with E-state index in [0.717, 1.165) is 12.8 Å². The number of hydrogen-bond acceptors (Lipinski definition) is 2. The zero-order chi connectivity index (χ0) is 8.48. The Kier molecular flexibility index (Phi) is 2.55. The first-order valence-corrected chi connectivity index (χ1v) is 4.58. The third-order valence-corrected chi connectivity index (χ3v) is 2.50. The van der Waals surface area contributed by atoms with Crippen LogP contribution in [0.1, 0.15) is 40.0 Å². The minimum Gasteiger partial charge on any atom is -0.325 e. The second-order valence-electron chi connectivity index (χ2n) is 4.24. The summed E-state index contributed by atoms with van der Waals surface area (Å²) in [5, 5.41) is 3.54. The van der Waals surface area contributed by atoms with E-state index in [4.69, 9.17) is 5.73 Å². The molecule has 1 saturated heterocycles. The fourth-order valence-corrected chi connectivity index (χ4v) is 2.13. The fraction of sp³-hybridized carbons (Fsp3) is 1.00. The normalized spacial score (nSPS) is 45.8. The zero-order valence-electron chi connectivity index (χ0n) is 7.85. The van der Waals surface area contributed by atoms with E-state index in [2.05, 4.69) is 26.1 Å². The summed E-state index contributed by atoms with van der Waals surface area (Å²) in [7, 11) is 0. The highest BCUT2D eigenvalue weighted by atomic mass is 15.0. The molecule has 0 radical (unpaired) electrons. The fourth-order valence-electron chi connectivity index (χ4n) is 2.13. The molecule has 3 atom stereocenters. The molecule has 1 rings (SSSR count). The smallest absolute Gasteiger partial charge is 0.0155 e. The van der Waals surface area contributed by atoms with Crippen molar-refractivity contribution in [1.82, 2.24) is 5.32 Å². The van der Waals surface area contributed by atoms with Gasteiger partial charge in [-0.3, -0.25) is 0 Å². The molecule has 1 fully saturated rings. The largest absolute Gasteiger partial charge is 0.325 e. The first kappa shape index (κ1) is 9.01. The van der Waals surface area contributed by atoms with E-state index >= 15 is 0 Å². The van der Waals surface area contributed by atoms with Crippen LogP contribution in [-0.4, -0.2) is 17.6 Å². The summed E-state index contributed by atoms with van der Waals surface area (Å²) in [5.74, 6) is 0. The first-order chi connectivity index (χ1) is 5.03. The molecule has 0 aromatic heterocycles. The van der Waals surface area contributed by atoms with E-state index in [-0.39, 0.29) is 5.54 Å². The predicted molar refractivity (Wildman–Crippen MR) is 48.5 cm³/mol. The molecule has 0 saturated carbocycles. The Bertz CT molecular complexity index is 132. The Morgan fingerprint density at radius 1 is 1.55 bits per heavy atom. The molecule has 0 aromatic carbocycles. The van der Waals surface area contributed by atoms with Gasteiger partial charge in [-0.1, -0.05) is 6.92 Å². The van der Waals surface area contributed by atoms with E-state index in [0.29, 0.717) is 12.1 Å². The maximum absolute atomic E-state index is 6.09. The maximum Gasteiger partial charge on any atom is 0.0155 e. The van der Waals surface area contributed by atoms with E-state index in [1.54, 1.807) is 0 Å². The van der Waals surface area contributed by atoms with Crippen molar-refractivity contribution < 1.29 is 0 Å². The molecular formula is C9H20N2. The quantitative estimate of drug-likeness (QED) is 0.599. The Morgan fingerprint density at radius 2 is 2.18 bits per heavy atom. The van der Waals surface area contributed by atoms with Crippen molar-refractivity contribution >= 4 is 0 Å².